The van der Waals surface area contributed by atoms with Gasteiger partial charge < -0.3 is 10.2 Å². The van der Waals surface area contributed by atoms with Gasteiger partial charge in [-0.2, -0.15) is 0 Å². The highest BCUT2D eigenvalue weighted by Gasteiger charge is 2.16. The van der Waals surface area contributed by atoms with Gasteiger partial charge in [-0.3, -0.25) is 4.79 Å². The van der Waals surface area contributed by atoms with E-state index in [0.717, 1.165) is 38.5 Å². The van der Waals surface area contributed by atoms with Crippen LogP contribution in [0.4, 0.5) is 0 Å². The average Bonchev–Trinajstić information content (AvgIpc) is 2.96. The van der Waals surface area contributed by atoms with Crippen molar-refractivity contribution in [2.45, 2.75) is 232 Å². The van der Waals surface area contributed by atoms with E-state index in [1.807, 2.05) is 0 Å². The molecule has 3 nitrogen and oxygen atoms in total. The lowest BCUT2D eigenvalue weighted by Crippen LogP contribution is -2.13. The van der Waals surface area contributed by atoms with Gasteiger partial charge in [-0.1, -0.05) is 200 Å². The smallest absolute Gasteiger partial charge is 0.306 e. The number of rotatable bonds is 35. The van der Waals surface area contributed by atoms with E-state index in [1.165, 1.54) is 173 Å². The molecule has 0 fully saturated rings. The zero-order valence-electron chi connectivity index (χ0n) is 28.3. The van der Waals surface area contributed by atoms with Gasteiger partial charge in [0, 0.05) is 0 Å². The Labute approximate surface area is 258 Å². The van der Waals surface area contributed by atoms with Crippen molar-refractivity contribution in [3.63, 3.8) is 0 Å². The Morgan fingerprint density at radius 3 is 0.878 bits per heavy atom. The summed E-state index contributed by atoms with van der Waals surface area (Å²) in [6.45, 7) is 4.52. The van der Waals surface area contributed by atoms with E-state index in [-0.39, 0.29) is 12.0 Å². The first-order valence-corrected chi connectivity index (χ1v) is 19.0. The van der Waals surface area contributed by atoms with E-state index in [9.17, 15) is 15.0 Å². The molecular formula is C38H76O3. The zero-order chi connectivity index (χ0) is 30.1. The molecule has 3 heteroatoms. The second kappa shape index (κ2) is 33.9. The molecule has 0 aromatic heterocycles. The summed E-state index contributed by atoms with van der Waals surface area (Å²) in [7, 11) is 0. The molecule has 246 valence electrons. The maximum atomic E-state index is 11.7. The molecule has 0 aromatic rings. The summed E-state index contributed by atoms with van der Waals surface area (Å²) >= 11 is 0. The number of unbranched alkanes of at least 4 members (excludes halogenated alkanes) is 26. The van der Waals surface area contributed by atoms with Gasteiger partial charge in [0.15, 0.2) is 0 Å². The molecule has 0 amide bonds. The van der Waals surface area contributed by atoms with Crippen LogP contribution in [0, 0.1) is 5.92 Å². The van der Waals surface area contributed by atoms with Crippen LogP contribution >= 0.6 is 0 Å². The van der Waals surface area contributed by atoms with Crippen molar-refractivity contribution in [1.82, 2.24) is 0 Å². The highest BCUT2D eigenvalue weighted by atomic mass is 16.4. The molecule has 0 spiro atoms. The third kappa shape index (κ3) is 32.2. The van der Waals surface area contributed by atoms with Crippen molar-refractivity contribution in [3.05, 3.63) is 0 Å². The fourth-order valence-corrected chi connectivity index (χ4v) is 6.29. The molecule has 0 rings (SSSR count). The summed E-state index contributed by atoms with van der Waals surface area (Å²) in [6, 6.07) is 0. The van der Waals surface area contributed by atoms with Gasteiger partial charge >= 0.3 is 5.97 Å². The monoisotopic (exact) mass is 581 g/mol. The third-order valence-corrected chi connectivity index (χ3v) is 9.24. The predicted octanol–water partition coefficient (Wildman–Crippen LogP) is 13.0. The molecule has 0 bridgehead atoms. The predicted molar refractivity (Wildman–Crippen MR) is 181 cm³/mol. The third-order valence-electron chi connectivity index (χ3n) is 9.24. The van der Waals surface area contributed by atoms with Crippen LogP contribution in [0.1, 0.15) is 226 Å². The summed E-state index contributed by atoms with van der Waals surface area (Å²) < 4.78 is 0. The Balaban J connectivity index is 3.43. The molecule has 2 atom stereocenters. The van der Waals surface area contributed by atoms with Gasteiger partial charge in [0.05, 0.1) is 12.0 Å². The van der Waals surface area contributed by atoms with Crippen LogP contribution in [0.2, 0.25) is 0 Å². The molecule has 0 radical (unpaired) electrons. The van der Waals surface area contributed by atoms with Crippen LogP contribution in [0.3, 0.4) is 0 Å². The van der Waals surface area contributed by atoms with E-state index in [2.05, 4.69) is 13.8 Å². The van der Waals surface area contributed by atoms with Crippen molar-refractivity contribution in [2.75, 3.05) is 0 Å². The lowest BCUT2D eigenvalue weighted by Gasteiger charge is -2.12. The Kier molecular flexibility index (Phi) is 33.5. The molecular weight excluding hydrogens is 504 g/mol. The molecule has 0 aliphatic carbocycles. The highest BCUT2D eigenvalue weighted by molar-refractivity contribution is 5.69. The van der Waals surface area contributed by atoms with Gasteiger partial charge in [-0.05, 0) is 25.7 Å². The van der Waals surface area contributed by atoms with E-state index >= 15 is 0 Å². The molecule has 0 aliphatic heterocycles. The van der Waals surface area contributed by atoms with E-state index in [1.54, 1.807) is 0 Å². The number of hydrogen-bond donors (Lipinski definition) is 2. The standard InChI is InChI=1S/C38H76O3/c1-3-5-7-9-10-11-12-13-14-15-16-17-19-22-25-28-32-36(38(40)41)33-29-26-23-20-18-21-24-27-31-35-37(39)34-30-8-6-4-2/h36-37,39H,3-35H2,1-2H3,(H,40,41). The fourth-order valence-electron chi connectivity index (χ4n) is 6.29. The second-order valence-electron chi connectivity index (χ2n) is 13.4. The summed E-state index contributed by atoms with van der Waals surface area (Å²) in [6.07, 6.45) is 41.6. The van der Waals surface area contributed by atoms with E-state index in [4.69, 9.17) is 0 Å². The SMILES string of the molecule is CCCCCCCCCCCCCCCCCCC(CCCCCCCCCCCC(O)CCCCCC)C(=O)O. The molecule has 0 aliphatic rings. The summed E-state index contributed by atoms with van der Waals surface area (Å²) in [5.41, 5.74) is 0. The van der Waals surface area contributed by atoms with Crippen molar-refractivity contribution in [2.24, 2.45) is 5.92 Å². The number of carboxylic acids is 1. The molecule has 2 unspecified atom stereocenters. The molecule has 2 N–H and O–H groups in total. The van der Waals surface area contributed by atoms with Gasteiger partial charge in [0.1, 0.15) is 0 Å². The minimum Gasteiger partial charge on any atom is -0.481 e. The molecule has 0 saturated carbocycles. The molecule has 41 heavy (non-hydrogen) atoms. The first kappa shape index (κ1) is 40.4. The molecule has 0 aromatic carbocycles. The van der Waals surface area contributed by atoms with Crippen LogP contribution in [0.15, 0.2) is 0 Å². The number of hydrogen-bond acceptors (Lipinski definition) is 2. The Morgan fingerprint density at radius 1 is 0.390 bits per heavy atom. The molecule has 0 heterocycles. The van der Waals surface area contributed by atoms with Gasteiger partial charge in [0.2, 0.25) is 0 Å². The van der Waals surface area contributed by atoms with Gasteiger partial charge in [-0.25, -0.2) is 0 Å². The largest absolute Gasteiger partial charge is 0.481 e. The van der Waals surface area contributed by atoms with Crippen molar-refractivity contribution in [1.29, 1.82) is 0 Å². The Hall–Kier alpha value is -0.570. The second-order valence-corrected chi connectivity index (χ2v) is 13.4. The highest BCUT2D eigenvalue weighted by Crippen LogP contribution is 2.21. The van der Waals surface area contributed by atoms with Crippen LogP contribution in [0.5, 0.6) is 0 Å². The lowest BCUT2D eigenvalue weighted by molar-refractivity contribution is -0.142. The number of aliphatic hydroxyl groups excluding tert-OH is 1. The summed E-state index contributed by atoms with van der Waals surface area (Å²) in [4.78, 5) is 11.7. The van der Waals surface area contributed by atoms with Crippen LogP contribution in [-0.4, -0.2) is 22.3 Å². The minimum absolute atomic E-state index is 0.0782. The number of aliphatic hydroxyl groups is 1. The average molecular weight is 581 g/mol. The maximum Gasteiger partial charge on any atom is 0.306 e. The number of carboxylic acid groups (broad SMARTS) is 1. The van der Waals surface area contributed by atoms with Crippen LogP contribution in [-0.2, 0) is 4.79 Å². The zero-order valence-corrected chi connectivity index (χ0v) is 28.3. The normalized spacial score (nSPS) is 13.0. The first-order chi connectivity index (χ1) is 20.1. The lowest BCUT2D eigenvalue weighted by atomic mass is 9.94. The van der Waals surface area contributed by atoms with Crippen molar-refractivity contribution >= 4 is 5.97 Å². The Morgan fingerprint density at radius 2 is 0.610 bits per heavy atom. The fraction of sp³-hybridized carbons (Fsp3) is 0.974. The summed E-state index contributed by atoms with van der Waals surface area (Å²) in [5, 5.41) is 19.7. The summed E-state index contributed by atoms with van der Waals surface area (Å²) in [5.74, 6) is -0.694. The first-order valence-electron chi connectivity index (χ1n) is 19.0. The number of carbonyl (C=O) groups is 1. The van der Waals surface area contributed by atoms with Crippen molar-refractivity contribution < 1.29 is 15.0 Å². The minimum atomic E-state index is -0.572. The van der Waals surface area contributed by atoms with E-state index in [0.29, 0.717) is 0 Å². The van der Waals surface area contributed by atoms with Gasteiger partial charge in [0.25, 0.3) is 0 Å². The van der Waals surface area contributed by atoms with Crippen LogP contribution in [0.25, 0.3) is 0 Å². The molecule has 0 saturated heterocycles. The topological polar surface area (TPSA) is 57.5 Å². The quantitative estimate of drug-likeness (QED) is 0.0733. The van der Waals surface area contributed by atoms with E-state index < -0.39 is 5.97 Å². The maximum absolute atomic E-state index is 11.7. The Bertz CT molecular complexity index is 506. The van der Waals surface area contributed by atoms with Crippen LogP contribution < -0.4 is 0 Å². The van der Waals surface area contributed by atoms with Gasteiger partial charge in [-0.15, -0.1) is 0 Å². The number of aliphatic carboxylic acids is 1. The van der Waals surface area contributed by atoms with Crippen molar-refractivity contribution in [3.8, 4) is 0 Å².